The first-order valence-corrected chi connectivity index (χ1v) is 7.29. The third-order valence-corrected chi connectivity index (χ3v) is 4.03. The molecule has 2 N–H and O–H groups in total. The molecule has 0 saturated heterocycles. The summed E-state index contributed by atoms with van der Waals surface area (Å²) in [5, 5.41) is 0. The lowest BCUT2D eigenvalue weighted by Gasteiger charge is -2.11. The van der Waals surface area contributed by atoms with Crippen LogP contribution in [0.2, 0.25) is 0 Å². The Hall–Kier alpha value is -1.95. The van der Waals surface area contributed by atoms with E-state index in [0.717, 1.165) is 30.5 Å². The van der Waals surface area contributed by atoms with E-state index < -0.39 is 11.7 Å². The average Bonchev–Trinajstić information content (AvgIpc) is 2.89. The van der Waals surface area contributed by atoms with Crippen LogP contribution in [-0.2, 0) is 12.8 Å². The normalized spacial score (nSPS) is 13.0. The number of aromatic nitrogens is 1. The Bertz CT molecular complexity index is 734. The number of nitrogens with two attached hydrogens (primary N) is 1. The van der Waals surface area contributed by atoms with Gasteiger partial charge in [0, 0.05) is 11.8 Å². The van der Waals surface area contributed by atoms with Crippen molar-refractivity contribution in [2.75, 3.05) is 0 Å². The van der Waals surface area contributed by atoms with E-state index in [2.05, 4.69) is 20.9 Å². The number of primary amides is 1. The first-order chi connectivity index (χ1) is 10.0. The Labute approximate surface area is 129 Å². The van der Waals surface area contributed by atoms with Gasteiger partial charge in [-0.2, -0.15) is 0 Å². The molecule has 0 unspecified atom stereocenters. The lowest BCUT2D eigenvalue weighted by molar-refractivity contribution is 0.0997. The van der Waals surface area contributed by atoms with Gasteiger partial charge in [0.2, 0.25) is 5.88 Å². The summed E-state index contributed by atoms with van der Waals surface area (Å²) in [6, 6.07) is 6.07. The first-order valence-electron chi connectivity index (χ1n) is 6.50. The number of ether oxygens (including phenoxy) is 1. The van der Waals surface area contributed by atoms with Crippen molar-refractivity contribution in [3.8, 4) is 11.6 Å². The summed E-state index contributed by atoms with van der Waals surface area (Å²) in [5.41, 5.74) is 7.53. The van der Waals surface area contributed by atoms with Crippen LogP contribution in [0, 0.1) is 5.82 Å². The molecule has 0 saturated carbocycles. The number of fused-ring (bicyclic) bond motifs is 1. The minimum atomic E-state index is -0.607. The standard InChI is InChI=1S/C15H12BrFN2O2/c16-11-5-4-9(7-12(11)17)21-15-10(14(18)20)6-8-2-1-3-13(8)19-15/h4-7H,1-3H2,(H2,18,20). The summed E-state index contributed by atoms with van der Waals surface area (Å²) in [6.07, 6.45) is 2.73. The fourth-order valence-electron chi connectivity index (χ4n) is 2.36. The molecule has 0 atom stereocenters. The van der Waals surface area contributed by atoms with Gasteiger partial charge < -0.3 is 10.5 Å². The Kier molecular flexibility index (Phi) is 3.63. The van der Waals surface area contributed by atoms with Crippen LogP contribution in [0.25, 0.3) is 0 Å². The van der Waals surface area contributed by atoms with Crippen LogP contribution in [0.4, 0.5) is 4.39 Å². The summed E-state index contributed by atoms with van der Waals surface area (Å²) in [4.78, 5) is 15.9. The SMILES string of the molecule is NC(=O)c1cc2c(nc1Oc1ccc(Br)c(F)c1)CCC2. The van der Waals surface area contributed by atoms with Gasteiger partial charge in [-0.1, -0.05) is 0 Å². The number of carbonyl (C=O) groups excluding carboxylic acids is 1. The molecule has 21 heavy (non-hydrogen) atoms. The highest BCUT2D eigenvalue weighted by Crippen LogP contribution is 2.30. The first kappa shape index (κ1) is 14.0. The van der Waals surface area contributed by atoms with Crippen molar-refractivity contribution in [1.29, 1.82) is 0 Å². The molecule has 108 valence electrons. The zero-order valence-corrected chi connectivity index (χ0v) is 12.6. The van der Waals surface area contributed by atoms with E-state index in [1.54, 1.807) is 12.1 Å². The van der Waals surface area contributed by atoms with Gasteiger partial charge in [-0.3, -0.25) is 4.79 Å². The molecule has 1 amide bonds. The van der Waals surface area contributed by atoms with Crippen LogP contribution in [-0.4, -0.2) is 10.9 Å². The summed E-state index contributed by atoms with van der Waals surface area (Å²) in [5.74, 6) is -0.660. The van der Waals surface area contributed by atoms with Crippen molar-refractivity contribution in [3.63, 3.8) is 0 Å². The van der Waals surface area contributed by atoms with Gasteiger partial charge in [0.05, 0.1) is 4.47 Å². The minimum absolute atomic E-state index is 0.130. The van der Waals surface area contributed by atoms with E-state index in [1.165, 1.54) is 12.1 Å². The van der Waals surface area contributed by atoms with E-state index in [-0.39, 0.29) is 17.2 Å². The zero-order chi connectivity index (χ0) is 15.0. The smallest absolute Gasteiger partial charge is 0.254 e. The van der Waals surface area contributed by atoms with Crippen molar-refractivity contribution in [1.82, 2.24) is 4.98 Å². The molecule has 6 heteroatoms. The van der Waals surface area contributed by atoms with E-state index in [9.17, 15) is 9.18 Å². The molecular formula is C15H12BrFN2O2. The second-order valence-electron chi connectivity index (χ2n) is 4.84. The molecule has 2 aromatic rings. The van der Waals surface area contributed by atoms with Gasteiger partial charge in [-0.05, 0) is 59.0 Å². The number of hydrogen-bond acceptors (Lipinski definition) is 3. The van der Waals surface area contributed by atoms with Gasteiger partial charge in [0.1, 0.15) is 17.1 Å². The Morgan fingerprint density at radius 3 is 2.86 bits per heavy atom. The fraction of sp³-hybridized carbons (Fsp3) is 0.200. The number of hydrogen-bond donors (Lipinski definition) is 1. The number of rotatable bonds is 3. The van der Waals surface area contributed by atoms with Crippen LogP contribution in [0.15, 0.2) is 28.7 Å². The highest BCUT2D eigenvalue weighted by Gasteiger charge is 2.20. The maximum Gasteiger partial charge on any atom is 0.254 e. The largest absolute Gasteiger partial charge is 0.438 e. The van der Waals surface area contributed by atoms with Gasteiger partial charge in [0.15, 0.2) is 0 Å². The van der Waals surface area contributed by atoms with Crippen LogP contribution in [0.3, 0.4) is 0 Å². The lowest BCUT2D eigenvalue weighted by atomic mass is 10.1. The van der Waals surface area contributed by atoms with E-state index >= 15 is 0 Å². The maximum atomic E-state index is 13.5. The second kappa shape index (κ2) is 5.44. The Balaban J connectivity index is 2.01. The molecule has 0 radical (unpaired) electrons. The number of amides is 1. The molecule has 0 fully saturated rings. The molecule has 1 aliphatic rings. The molecule has 1 aromatic heterocycles. The monoisotopic (exact) mass is 350 g/mol. The van der Waals surface area contributed by atoms with Crippen molar-refractivity contribution in [2.45, 2.75) is 19.3 Å². The van der Waals surface area contributed by atoms with Crippen molar-refractivity contribution < 1.29 is 13.9 Å². The number of halogens is 2. The molecular weight excluding hydrogens is 339 g/mol. The maximum absolute atomic E-state index is 13.5. The molecule has 3 rings (SSSR count). The molecule has 0 aliphatic heterocycles. The Morgan fingerprint density at radius 2 is 2.14 bits per heavy atom. The third kappa shape index (κ3) is 2.76. The third-order valence-electron chi connectivity index (χ3n) is 3.39. The number of benzene rings is 1. The minimum Gasteiger partial charge on any atom is -0.438 e. The van der Waals surface area contributed by atoms with Gasteiger partial charge in [0.25, 0.3) is 5.91 Å². The van der Waals surface area contributed by atoms with Crippen molar-refractivity contribution >= 4 is 21.8 Å². The second-order valence-corrected chi connectivity index (χ2v) is 5.70. The molecule has 4 nitrogen and oxygen atoms in total. The number of nitrogens with zero attached hydrogens (tertiary/aromatic N) is 1. The molecule has 0 bridgehead atoms. The summed E-state index contributed by atoms with van der Waals surface area (Å²) in [6.45, 7) is 0. The topological polar surface area (TPSA) is 65.2 Å². The average molecular weight is 351 g/mol. The van der Waals surface area contributed by atoms with Crippen molar-refractivity contribution in [3.05, 3.63) is 51.4 Å². The zero-order valence-electron chi connectivity index (χ0n) is 11.0. The van der Waals surface area contributed by atoms with E-state index in [4.69, 9.17) is 10.5 Å². The van der Waals surface area contributed by atoms with Crippen LogP contribution >= 0.6 is 15.9 Å². The van der Waals surface area contributed by atoms with Crippen LogP contribution in [0.5, 0.6) is 11.6 Å². The van der Waals surface area contributed by atoms with E-state index in [1.807, 2.05) is 0 Å². The number of aryl methyl sites for hydroxylation is 2. The molecule has 1 heterocycles. The predicted molar refractivity (Wildman–Crippen MR) is 79.0 cm³/mol. The van der Waals surface area contributed by atoms with Crippen LogP contribution < -0.4 is 10.5 Å². The van der Waals surface area contributed by atoms with Crippen molar-refractivity contribution in [2.24, 2.45) is 5.73 Å². The van der Waals surface area contributed by atoms with Gasteiger partial charge in [-0.15, -0.1) is 0 Å². The summed E-state index contributed by atoms with van der Waals surface area (Å²) < 4.78 is 19.4. The van der Waals surface area contributed by atoms with E-state index in [0.29, 0.717) is 4.47 Å². The fourth-order valence-corrected chi connectivity index (χ4v) is 2.61. The predicted octanol–water partition coefficient (Wildman–Crippen LogP) is 3.36. The van der Waals surface area contributed by atoms with Gasteiger partial charge in [-0.25, -0.2) is 9.37 Å². The number of carbonyl (C=O) groups is 1. The van der Waals surface area contributed by atoms with Gasteiger partial charge >= 0.3 is 0 Å². The quantitative estimate of drug-likeness (QED) is 0.922. The number of pyridine rings is 1. The highest BCUT2D eigenvalue weighted by molar-refractivity contribution is 9.10. The summed E-state index contributed by atoms with van der Waals surface area (Å²) in [7, 11) is 0. The molecule has 1 aliphatic carbocycles. The highest BCUT2D eigenvalue weighted by atomic mass is 79.9. The lowest BCUT2D eigenvalue weighted by Crippen LogP contribution is -2.14. The molecule has 1 aromatic carbocycles. The molecule has 0 spiro atoms. The summed E-state index contributed by atoms with van der Waals surface area (Å²) >= 11 is 3.07. The van der Waals surface area contributed by atoms with Crippen LogP contribution in [0.1, 0.15) is 28.0 Å². The Morgan fingerprint density at radius 1 is 1.33 bits per heavy atom.